The molecule has 0 fully saturated rings. The Morgan fingerprint density at radius 1 is 1.56 bits per heavy atom. The highest BCUT2D eigenvalue weighted by molar-refractivity contribution is 9.10. The molecule has 0 aliphatic rings. The number of carboxylic acid groups (broad SMARTS) is 1. The summed E-state index contributed by atoms with van der Waals surface area (Å²) in [5.41, 5.74) is 1.13. The summed E-state index contributed by atoms with van der Waals surface area (Å²) in [4.78, 5) is 10.4. The molecular formula is C8H11BrN2O4S. The second-order valence-electron chi connectivity index (χ2n) is 3.40. The van der Waals surface area contributed by atoms with Crippen molar-refractivity contribution in [3.05, 3.63) is 15.9 Å². The summed E-state index contributed by atoms with van der Waals surface area (Å²) >= 11 is 3.22. The highest BCUT2D eigenvalue weighted by atomic mass is 79.9. The van der Waals surface area contributed by atoms with Crippen molar-refractivity contribution in [3.8, 4) is 0 Å². The number of carbonyl (C=O) groups is 1. The first kappa shape index (κ1) is 13.2. The maximum absolute atomic E-state index is 11.5. The van der Waals surface area contributed by atoms with Crippen molar-refractivity contribution < 1.29 is 18.3 Å². The summed E-state index contributed by atoms with van der Waals surface area (Å²) in [7, 11) is -2.04. The van der Waals surface area contributed by atoms with Gasteiger partial charge in [0.05, 0.1) is 21.6 Å². The van der Waals surface area contributed by atoms with E-state index in [9.17, 15) is 13.2 Å². The van der Waals surface area contributed by atoms with Gasteiger partial charge in [0.15, 0.2) is 9.84 Å². The molecule has 90 valence electrons. The fraction of sp³-hybridized carbons (Fsp3) is 0.500. The number of aryl methyl sites for hydroxylation is 2. The zero-order valence-corrected chi connectivity index (χ0v) is 11.2. The quantitative estimate of drug-likeness (QED) is 0.874. The van der Waals surface area contributed by atoms with E-state index in [0.29, 0.717) is 15.9 Å². The van der Waals surface area contributed by atoms with Crippen molar-refractivity contribution in [3.63, 3.8) is 0 Å². The largest absolute Gasteiger partial charge is 0.480 e. The highest BCUT2D eigenvalue weighted by Crippen LogP contribution is 2.22. The van der Waals surface area contributed by atoms with Crippen LogP contribution < -0.4 is 0 Å². The molecule has 1 N–H and O–H groups in total. The number of hydrogen-bond donors (Lipinski definition) is 1. The van der Waals surface area contributed by atoms with Crippen LogP contribution in [0.2, 0.25) is 0 Å². The van der Waals surface area contributed by atoms with Gasteiger partial charge < -0.3 is 5.11 Å². The fourth-order valence-corrected chi connectivity index (χ4v) is 3.17. The molecule has 0 atom stereocenters. The molecule has 6 nitrogen and oxygen atoms in total. The lowest BCUT2D eigenvalue weighted by Gasteiger charge is -2.03. The summed E-state index contributed by atoms with van der Waals surface area (Å²) in [6, 6.07) is 0. The molecule has 1 aromatic rings. The van der Waals surface area contributed by atoms with Gasteiger partial charge in [-0.15, -0.1) is 0 Å². The molecule has 1 heterocycles. The Kier molecular flexibility index (Phi) is 3.74. The van der Waals surface area contributed by atoms with Gasteiger partial charge >= 0.3 is 5.97 Å². The van der Waals surface area contributed by atoms with Gasteiger partial charge in [0.1, 0.15) is 5.75 Å². The van der Waals surface area contributed by atoms with Crippen LogP contribution in [0.5, 0.6) is 0 Å². The summed E-state index contributed by atoms with van der Waals surface area (Å²) < 4.78 is 25.0. The van der Waals surface area contributed by atoms with E-state index in [2.05, 4.69) is 21.0 Å². The standard InChI is InChI=1S/C8H11BrN2O4S/c1-5-8(9)6(11(2)10-5)3-16(14,15)4-7(12)13/h3-4H2,1-2H3,(H,12,13). The van der Waals surface area contributed by atoms with Gasteiger partial charge in [-0.1, -0.05) is 0 Å². The van der Waals surface area contributed by atoms with Crippen molar-refractivity contribution in [2.75, 3.05) is 5.75 Å². The molecule has 0 amide bonds. The second kappa shape index (κ2) is 4.54. The monoisotopic (exact) mass is 310 g/mol. The maximum Gasteiger partial charge on any atom is 0.318 e. The third-order valence-electron chi connectivity index (χ3n) is 1.96. The fourth-order valence-electron chi connectivity index (χ4n) is 1.28. The molecule has 8 heteroatoms. The Morgan fingerprint density at radius 2 is 2.12 bits per heavy atom. The van der Waals surface area contributed by atoms with Gasteiger partial charge in [-0.2, -0.15) is 5.10 Å². The predicted molar refractivity (Wildman–Crippen MR) is 60.8 cm³/mol. The zero-order chi connectivity index (χ0) is 12.5. The van der Waals surface area contributed by atoms with E-state index in [1.165, 1.54) is 4.68 Å². The number of carboxylic acids is 1. The van der Waals surface area contributed by atoms with Crippen molar-refractivity contribution in [2.45, 2.75) is 12.7 Å². The minimum atomic E-state index is -3.66. The molecule has 0 saturated heterocycles. The van der Waals surface area contributed by atoms with Crippen LogP contribution in [0, 0.1) is 6.92 Å². The molecule has 0 aliphatic heterocycles. The second-order valence-corrected chi connectivity index (χ2v) is 6.25. The number of halogens is 1. The molecule has 1 aromatic heterocycles. The van der Waals surface area contributed by atoms with Crippen LogP contribution in [0.3, 0.4) is 0 Å². The van der Waals surface area contributed by atoms with Gasteiger partial charge in [-0.05, 0) is 22.9 Å². The highest BCUT2D eigenvalue weighted by Gasteiger charge is 2.21. The van der Waals surface area contributed by atoms with Crippen LogP contribution in [0.1, 0.15) is 11.4 Å². The van der Waals surface area contributed by atoms with E-state index in [0.717, 1.165) is 0 Å². The molecule has 16 heavy (non-hydrogen) atoms. The van der Waals surface area contributed by atoms with E-state index >= 15 is 0 Å². The van der Waals surface area contributed by atoms with Crippen LogP contribution in [0.4, 0.5) is 0 Å². The first-order valence-electron chi connectivity index (χ1n) is 4.33. The van der Waals surface area contributed by atoms with E-state index in [4.69, 9.17) is 5.11 Å². The molecular weight excluding hydrogens is 300 g/mol. The molecule has 0 aliphatic carbocycles. The minimum Gasteiger partial charge on any atom is -0.480 e. The Bertz CT molecular complexity index is 520. The van der Waals surface area contributed by atoms with Gasteiger partial charge in [0, 0.05) is 7.05 Å². The lowest BCUT2D eigenvalue weighted by molar-refractivity contribution is -0.134. The zero-order valence-electron chi connectivity index (χ0n) is 8.77. The Hall–Kier alpha value is -0.890. The number of rotatable bonds is 4. The molecule has 0 saturated carbocycles. The van der Waals surface area contributed by atoms with Gasteiger partial charge in [0.25, 0.3) is 0 Å². The Labute approximate surface area is 101 Å². The number of nitrogens with zero attached hydrogens (tertiary/aromatic N) is 2. The Balaban J connectivity index is 3.01. The van der Waals surface area contributed by atoms with Crippen molar-refractivity contribution in [2.24, 2.45) is 7.05 Å². The Morgan fingerprint density at radius 3 is 2.50 bits per heavy atom. The van der Waals surface area contributed by atoms with Crippen molar-refractivity contribution in [1.82, 2.24) is 9.78 Å². The maximum atomic E-state index is 11.5. The first-order chi connectivity index (χ1) is 7.23. The SMILES string of the molecule is Cc1nn(C)c(CS(=O)(=O)CC(=O)O)c1Br. The first-order valence-corrected chi connectivity index (χ1v) is 6.94. The van der Waals surface area contributed by atoms with E-state index in [1.54, 1.807) is 14.0 Å². The smallest absolute Gasteiger partial charge is 0.318 e. The van der Waals surface area contributed by atoms with Gasteiger partial charge in [-0.25, -0.2) is 8.42 Å². The molecule has 1 rings (SSSR count). The number of sulfone groups is 1. The van der Waals surface area contributed by atoms with Crippen LogP contribution in [0.25, 0.3) is 0 Å². The van der Waals surface area contributed by atoms with Crippen LogP contribution in [0.15, 0.2) is 4.47 Å². The summed E-state index contributed by atoms with van der Waals surface area (Å²) in [5.74, 6) is -2.56. The van der Waals surface area contributed by atoms with Gasteiger partial charge in [0.2, 0.25) is 0 Å². The topological polar surface area (TPSA) is 89.3 Å². The predicted octanol–water partition coefficient (Wildman–Crippen LogP) is 0.490. The molecule has 0 unspecified atom stereocenters. The third-order valence-corrected chi connectivity index (χ3v) is 4.39. The summed E-state index contributed by atoms with van der Waals surface area (Å²) in [5, 5.41) is 12.5. The van der Waals surface area contributed by atoms with Crippen LogP contribution in [-0.2, 0) is 27.4 Å². The van der Waals surface area contributed by atoms with Gasteiger partial charge in [-0.3, -0.25) is 9.48 Å². The summed E-state index contributed by atoms with van der Waals surface area (Å²) in [6.07, 6.45) is 0. The number of aromatic nitrogens is 2. The van der Waals surface area contributed by atoms with Crippen molar-refractivity contribution in [1.29, 1.82) is 0 Å². The average Bonchev–Trinajstić information content (AvgIpc) is 2.29. The molecule has 0 aromatic carbocycles. The molecule has 0 spiro atoms. The van der Waals surface area contributed by atoms with E-state index in [1.807, 2.05) is 0 Å². The average molecular weight is 311 g/mol. The number of aliphatic carboxylic acids is 1. The number of hydrogen-bond acceptors (Lipinski definition) is 4. The normalized spacial score (nSPS) is 11.7. The lowest BCUT2D eigenvalue weighted by atomic mass is 10.4. The van der Waals surface area contributed by atoms with Crippen molar-refractivity contribution >= 4 is 31.7 Å². The van der Waals surface area contributed by atoms with Crippen LogP contribution >= 0.6 is 15.9 Å². The van der Waals surface area contributed by atoms with E-state index in [-0.39, 0.29) is 5.75 Å². The third kappa shape index (κ3) is 3.05. The molecule has 0 bridgehead atoms. The van der Waals surface area contributed by atoms with E-state index < -0.39 is 21.6 Å². The summed E-state index contributed by atoms with van der Waals surface area (Å²) in [6.45, 7) is 1.73. The minimum absolute atomic E-state index is 0.336. The molecule has 0 radical (unpaired) electrons. The lowest BCUT2D eigenvalue weighted by Crippen LogP contribution is -2.18. The van der Waals surface area contributed by atoms with Crippen LogP contribution in [-0.4, -0.2) is 35.0 Å².